The van der Waals surface area contributed by atoms with Gasteiger partial charge in [-0.25, -0.2) is 4.98 Å². The number of ether oxygens (including phenoxy) is 1. The molecule has 1 heterocycles. The van der Waals surface area contributed by atoms with Crippen molar-refractivity contribution in [3.05, 3.63) is 51.5 Å². The average molecular weight is 346 g/mol. The lowest BCUT2D eigenvalue weighted by Gasteiger charge is -2.19. The van der Waals surface area contributed by atoms with Crippen LogP contribution in [0.2, 0.25) is 0 Å². The van der Waals surface area contributed by atoms with Crippen LogP contribution in [0.4, 0.5) is 0 Å². The highest BCUT2D eigenvalue weighted by Gasteiger charge is 2.16. The second-order valence-electron chi connectivity index (χ2n) is 6.54. The Balaban J connectivity index is 1.39. The van der Waals surface area contributed by atoms with Gasteiger partial charge in [0, 0.05) is 11.4 Å². The van der Waals surface area contributed by atoms with Gasteiger partial charge < -0.3 is 9.84 Å². The van der Waals surface area contributed by atoms with Gasteiger partial charge >= 0.3 is 0 Å². The molecule has 0 saturated carbocycles. The van der Waals surface area contributed by atoms with Gasteiger partial charge in [-0.1, -0.05) is 30.3 Å². The predicted molar refractivity (Wildman–Crippen MR) is 97.2 cm³/mol. The van der Waals surface area contributed by atoms with E-state index in [4.69, 9.17) is 9.72 Å². The maximum Gasteiger partial charge on any atom is 0.107 e. The number of rotatable bonds is 8. The van der Waals surface area contributed by atoms with E-state index in [2.05, 4.69) is 4.90 Å². The normalized spacial score (nSPS) is 15.5. The van der Waals surface area contributed by atoms with Crippen molar-refractivity contribution in [3.63, 3.8) is 0 Å². The van der Waals surface area contributed by atoms with E-state index in [0.717, 1.165) is 18.5 Å². The number of aromatic nitrogens is 1. The van der Waals surface area contributed by atoms with Crippen molar-refractivity contribution in [1.29, 1.82) is 0 Å². The zero-order valence-corrected chi connectivity index (χ0v) is 15.1. The van der Waals surface area contributed by atoms with Gasteiger partial charge in [0.05, 0.1) is 31.6 Å². The summed E-state index contributed by atoms with van der Waals surface area (Å²) in [6.07, 6.45) is 4.40. The van der Waals surface area contributed by atoms with Crippen molar-refractivity contribution in [2.45, 2.75) is 44.9 Å². The summed E-state index contributed by atoms with van der Waals surface area (Å²) in [5.74, 6) is 0. The molecule has 24 heavy (non-hydrogen) atoms. The molecule has 0 bridgehead atoms. The van der Waals surface area contributed by atoms with Gasteiger partial charge in [0.2, 0.25) is 0 Å². The van der Waals surface area contributed by atoms with Crippen LogP contribution in [0, 0.1) is 0 Å². The second kappa shape index (κ2) is 8.72. The van der Waals surface area contributed by atoms with Gasteiger partial charge in [-0.2, -0.15) is 0 Å². The molecule has 1 unspecified atom stereocenters. The quantitative estimate of drug-likeness (QED) is 0.798. The molecule has 0 radical (unpaired) electrons. The minimum Gasteiger partial charge on any atom is -0.389 e. The zero-order chi connectivity index (χ0) is 16.8. The highest BCUT2D eigenvalue weighted by Crippen LogP contribution is 2.27. The Morgan fingerprint density at radius 3 is 2.83 bits per heavy atom. The Bertz CT molecular complexity index is 606. The van der Waals surface area contributed by atoms with E-state index in [1.807, 2.05) is 48.7 Å². The molecule has 1 aromatic carbocycles. The van der Waals surface area contributed by atoms with Crippen LogP contribution in [-0.2, 0) is 30.7 Å². The highest BCUT2D eigenvalue weighted by molar-refractivity contribution is 7.11. The summed E-state index contributed by atoms with van der Waals surface area (Å²) >= 11 is 1.84. The van der Waals surface area contributed by atoms with Crippen LogP contribution in [0.5, 0.6) is 0 Å². The summed E-state index contributed by atoms with van der Waals surface area (Å²) < 4.78 is 5.61. The van der Waals surface area contributed by atoms with E-state index in [-0.39, 0.29) is 0 Å². The zero-order valence-electron chi connectivity index (χ0n) is 14.3. The number of hydrogen-bond acceptors (Lipinski definition) is 5. The average Bonchev–Trinajstić information content (AvgIpc) is 2.97. The summed E-state index contributed by atoms with van der Waals surface area (Å²) in [6, 6.07) is 10.0. The Labute approximate surface area is 148 Å². The minimum absolute atomic E-state index is 0.355. The Morgan fingerprint density at radius 1 is 1.25 bits per heavy atom. The van der Waals surface area contributed by atoms with Crippen LogP contribution in [0.15, 0.2) is 30.3 Å². The highest BCUT2D eigenvalue weighted by atomic mass is 32.1. The number of nitrogens with zero attached hydrogens (tertiary/aromatic N) is 2. The lowest BCUT2D eigenvalue weighted by Crippen LogP contribution is -2.31. The maximum atomic E-state index is 10.2. The number of thiazole rings is 1. The van der Waals surface area contributed by atoms with Crippen molar-refractivity contribution < 1.29 is 9.84 Å². The number of fused-ring (bicyclic) bond motifs is 1. The molecule has 1 N–H and O–H groups in total. The fourth-order valence-electron chi connectivity index (χ4n) is 3.07. The van der Waals surface area contributed by atoms with E-state index in [0.29, 0.717) is 19.8 Å². The smallest absolute Gasteiger partial charge is 0.107 e. The van der Waals surface area contributed by atoms with Gasteiger partial charge in [0.15, 0.2) is 0 Å². The minimum atomic E-state index is -0.478. The van der Waals surface area contributed by atoms with Gasteiger partial charge in [0.1, 0.15) is 5.01 Å². The number of aliphatic hydroxyl groups excluding tert-OH is 1. The lowest BCUT2D eigenvalue weighted by molar-refractivity contribution is 0.0127. The second-order valence-corrected chi connectivity index (χ2v) is 7.70. The maximum absolute atomic E-state index is 10.2. The first-order valence-electron chi connectivity index (χ1n) is 8.66. The van der Waals surface area contributed by atoms with E-state index in [9.17, 15) is 5.11 Å². The van der Waals surface area contributed by atoms with Crippen molar-refractivity contribution in [2.24, 2.45) is 0 Å². The monoisotopic (exact) mass is 346 g/mol. The van der Waals surface area contributed by atoms with Gasteiger partial charge in [-0.3, -0.25) is 4.90 Å². The molecule has 1 aliphatic carbocycles. The number of aliphatic hydroxyl groups is 1. The van der Waals surface area contributed by atoms with Crippen molar-refractivity contribution in [2.75, 3.05) is 20.2 Å². The number of hydrogen-bond donors (Lipinski definition) is 1. The first kappa shape index (κ1) is 17.5. The largest absolute Gasteiger partial charge is 0.389 e. The third-order valence-corrected chi connectivity index (χ3v) is 5.38. The number of benzene rings is 1. The topological polar surface area (TPSA) is 45.6 Å². The first-order valence-corrected chi connectivity index (χ1v) is 9.48. The summed E-state index contributed by atoms with van der Waals surface area (Å²) in [5, 5.41) is 11.3. The van der Waals surface area contributed by atoms with Crippen LogP contribution >= 0.6 is 11.3 Å². The van der Waals surface area contributed by atoms with E-state index in [1.165, 1.54) is 34.8 Å². The number of aryl methyl sites for hydroxylation is 2. The molecule has 4 nitrogen and oxygen atoms in total. The Morgan fingerprint density at radius 2 is 2.04 bits per heavy atom. The standard InChI is InChI=1S/C19H26N2O2S/c1-21(12-19-20-17-9-5-6-10-18(17)24-19)11-16(22)14-23-13-15-7-3-2-4-8-15/h2-4,7-8,16,22H,5-6,9-14H2,1H3. The molecule has 3 rings (SSSR count). The SMILES string of the molecule is CN(Cc1nc2c(s1)CCCC2)CC(O)COCc1ccccc1. The van der Waals surface area contributed by atoms with Crippen molar-refractivity contribution in [3.8, 4) is 0 Å². The lowest BCUT2D eigenvalue weighted by atomic mass is 10.0. The molecule has 1 aromatic heterocycles. The van der Waals surface area contributed by atoms with E-state index >= 15 is 0 Å². The summed E-state index contributed by atoms with van der Waals surface area (Å²) in [5.41, 5.74) is 2.44. The van der Waals surface area contributed by atoms with Crippen LogP contribution in [0.3, 0.4) is 0 Å². The van der Waals surface area contributed by atoms with Crippen LogP contribution < -0.4 is 0 Å². The van der Waals surface area contributed by atoms with E-state index < -0.39 is 6.10 Å². The molecule has 0 amide bonds. The van der Waals surface area contributed by atoms with Crippen LogP contribution in [-0.4, -0.2) is 41.3 Å². The predicted octanol–water partition coefficient (Wildman–Crippen LogP) is 3.03. The fourth-order valence-corrected chi connectivity index (χ4v) is 4.31. The third kappa shape index (κ3) is 5.11. The summed E-state index contributed by atoms with van der Waals surface area (Å²) in [7, 11) is 2.03. The number of likely N-dealkylation sites (N-methyl/N-ethyl adjacent to an activating group) is 1. The molecule has 0 spiro atoms. The van der Waals surface area contributed by atoms with Gasteiger partial charge in [-0.15, -0.1) is 11.3 Å². The molecular weight excluding hydrogens is 320 g/mol. The fraction of sp³-hybridized carbons (Fsp3) is 0.526. The molecular formula is C19H26N2O2S. The van der Waals surface area contributed by atoms with Gasteiger partial charge in [0.25, 0.3) is 0 Å². The molecule has 1 atom stereocenters. The van der Waals surface area contributed by atoms with Crippen molar-refractivity contribution in [1.82, 2.24) is 9.88 Å². The molecule has 0 aliphatic heterocycles. The van der Waals surface area contributed by atoms with Crippen molar-refractivity contribution >= 4 is 11.3 Å². The third-order valence-electron chi connectivity index (χ3n) is 4.24. The van der Waals surface area contributed by atoms with E-state index in [1.54, 1.807) is 0 Å². The molecule has 130 valence electrons. The van der Waals surface area contributed by atoms with Gasteiger partial charge in [-0.05, 0) is 38.3 Å². The van der Waals surface area contributed by atoms with Crippen LogP contribution in [0.1, 0.15) is 34.0 Å². The summed E-state index contributed by atoms with van der Waals surface area (Å²) in [4.78, 5) is 8.36. The van der Waals surface area contributed by atoms with Crippen LogP contribution in [0.25, 0.3) is 0 Å². The molecule has 1 aliphatic rings. The first-order chi connectivity index (χ1) is 11.7. The molecule has 0 saturated heterocycles. The Hall–Kier alpha value is -1.27. The Kier molecular flexibility index (Phi) is 6.37. The molecule has 0 fully saturated rings. The molecule has 5 heteroatoms. The molecule has 2 aromatic rings. The summed E-state index contributed by atoms with van der Waals surface area (Å²) in [6.45, 7) is 2.29.